The molecular weight excluding hydrogens is 212 g/mol. The summed E-state index contributed by atoms with van der Waals surface area (Å²) in [5.74, 6) is 1.08. The molecular formula is C11H19Br. The van der Waals surface area contributed by atoms with Crippen LogP contribution in [0.4, 0.5) is 0 Å². The normalized spacial score (nSPS) is 30.5. The van der Waals surface area contributed by atoms with E-state index in [1.807, 2.05) is 0 Å². The van der Waals surface area contributed by atoms with Gasteiger partial charge in [0.2, 0.25) is 0 Å². The maximum Gasteiger partial charge on any atom is 0.0174 e. The Hall–Kier alpha value is 0.480. The monoisotopic (exact) mass is 230 g/mol. The third kappa shape index (κ3) is 1.71. The minimum Gasteiger partial charge on any atom is -0.0888 e. The summed E-state index contributed by atoms with van der Waals surface area (Å²) in [6.07, 6.45) is 10.5. The van der Waals surface area contributed by atoms with Gasteiger partial charge in [-0.2, -0.15) is 0 Å². The molecule has 0 radical (unpaired) electrons. The number of hydrogen-bond acceptors (Lipinski definition) is 0. The summed E-state index contributed by atoms with van der Waals surface area (Å²) in [7, 11) is 0. The van der Waals surface area contributed by atoms with E-state index < -0.39 is 0 Å². The van der Waals surface area contributed by atoms with Crippen LogP contribution < -0.4 is 0 Å². The molecule has 2 aliphatic carbocycles. The van der Waals surface area contributed by atoms with Gasteiger partial charge in [0.25, 0.3) is 0 Å². The van der Waals surface area contributed by atoms with Gasteiger partial charge in [-0.3, -0.25) is 0 Å². The van der Waals surface area contributed by atoms with Crippen LogP contribution in [0.25, 0.3) is 0 Å². The minimum absolute atomic E-state index is 0.731. The lowest BCUT2D eigenvalue weighted by atomic mass is 9.89. The van der Waals surface area contributed by atoms with Crippen molar-refractivity contribution in [2.24, 2.45) is 11.3 Å². The van der Waals surface area contributed by atoms with Gasteiger partial charge in [0.15, 0.2) is 0 Å². The molecule has 0 amide bonds. The maximum atomic E-state index is 3.77. The van der Waals surface area contributed by atoms with Gasteiger partial charge in [-0.15, -0.1) is 0 Å². The first-order chi connectivity index (χ1) is 5.73. The highest BCUT2D eigenvalue weighted by Gasteiger charge is 2.47. The van der Waals surface area contributed by atoms with E-state index in [4.69, 9.17) is 0 Å². The quantitative estimate of drug-likeness (QED) is 0.640. The van der Waals surface area contributed by atoms with Crippen molar-refractivity contribution in [2.45, 2.75) is 56.7 Å². The summed E-state index contributed by atoms with van der Waals surface area (Å²) in [5, 5.41) is 0. The van der Waals surface area contributed by atoms with Crippen LogP contribution in [0.2, 0.25) is 0 Å². The van der Waals surface area contributed by atoms with Crippen molar-refractivity contribution in [1.29, 1.82) is 0 Å². The fraction of sp³-hybridized carbons (Fsp3) is 1.00. The molecule has 2 aliphatic rings. The Kier molecular flexibility index (Phi) is 2.51. The van der Waals surface area contributed by atoms with Crippen LogP contribution in [0.5, 0.6) is 0 Å². The zero-order valence-electron chi connectivity index (χ0n) is 7.98. The summed E-state index contributed by atoms with van der Waals surface area (Å²) < 4.78 is 0. The highest BCUT2D eigenvalue weighted by molar-refractivity contribution is 9.09. The van der Waals surface area contributed by atoms with Crippen LogP contribution in [0, 0.1) is 11.3 Å². The molecule has 0 aromatic carbocycles. The van der Waals surface area contributed by atoms with Crippen LogP contribution in [-0.4, -0.2) is 4.83 Å². The van der Waals surface area contributed by atoms with Crippen molar-refractivity contribution in [3.05, 3.63) is 0 Å². The molecule has 0 bridgehead atoms. The number of hydrogen-bond donors (Lipinski definition) is 0. The lowest BCUT2D eigenvalue weighted by Crippen LogP contribution is -2.15. The van der Waals surface area contributed by atoms with E-state index in [0.29, 0.717) is 0 Å². The zero-order valence-corrected chi connectivity index (χ0v) is 9.57. The van der Waals surface area contributed by atoms with Gasteiger partial charge in [0.05, 0.1) is 0 Å². The van der Waals surface area contributed by atoms with E-state index in [2.05, 4.69) is 22.9 Å². The standard InChI is InChI=1S/C11H19Br/c1-9(12)11(6-7-11)8-10-4-2-3-5-10/h9-10H,2-8H2,1H3. The lowest BCUT2D eigenvalue weighted by molar-refractivity contribution is 0.357. The Morgan fingerprint density at radius 1 is 1.33 bits per heavy atom. The van der Waals surface area contributed by atoms with E-state index in [1.165, 1.54) is 44.9 Å². The van der Waals surface area contributed by atoms with Crippen molar-refractivity contribution in [2.75, 3.05) is 0 Å². The van der Waals surface area contributed by atoms with Gasteiger partial charge >= 0.3 is 0 Å². The Bertz CT molecular complexity index is 152. The lowest BCUT2D eigenvalue weighted by Gasteiger charge is -2.21. The fourth-order valence-electron chi connectivity index (χ4n) is 2.71. The summed E-state index contributed by atoms with van der Waals surface area (Å²) in [5.41, 5.74) is 0.731. The van der Waals surface area contributed by atoms with E-state index >= 15 is 0 Å². The van der Waals surface area contributed by atoms with Crippen LogP contribution in [0.15, 0.2) is 0 Å². The molecule has 0 heterocycles. The van der Waals surface area contributed by atoms with Crippen molar-refractivity contribution in [3.63, 3.8) is 0 Å². The fourth-order valence-corrected chi connectivity index (χ4v) is 3.36. The van der Waals surface area contributed by atoms with E-state index in [9.17, 15) is 0 Å². The van der Waals surface area contributed by atoms with Gasteiger partial charge in [-0.25, -0.2) is 0 Å². The number of rotatable bonds is 3. The molecule has 1 atom stereocenters. The Labute approximate surface area is 84.2 Å². The van der Waals surface area contributed by atoms with Gasteiger partial charge in [-0.1, -0.05) is 48.5 Å². The zero-order chi connectivity index (χ0) is 8.60. The van der Waals surface area contributed by atoms with Crippen LogP contribution in [-0.2, 0) is 0 Å². The molecule has 12 heavy (non-hydrogen) atoms. The van der Waals surface area contributed by atoms with Gasteiger partial charge < -0.3 is 0 Å². The molecule has 2 rings (SSSR count). The summed E-state index contributed by atoms with van der Waals surface area (Å²) in [4.78, 5) is 0.755. The predicted octanol–water partition coefficient (Wildman–Crippen LogP) is 4.13. The summed E-state index contributed by atoms with van der Waals surface area (Å²) >= 11 is 3.77. The third-order valence-electron chi connectivity index (χ3n) is 3.91. The molecule has 0 aromatic rings. The Balaban J connectivity index is 1.85. The molecule has 0 nitrogen and oxygen atoms in total. The Morgan fingerprint density at radius 2 is 1.92 bits per heavy atom. The predicted molar refractivity (Wildman–Crippen MR) is 56.6 cm³/mol. The first-order valence-electron chi connectivity index (χ1n) is 5.37. The number of halogens is 1. The smallest absolute Gasteiger partial charge is 0.0174 e. The first-order valence-corrected chi connectivity index (χ1v) is 6.29. The van der Waals surface area contributed by atoms with Crippen LogP contribution in [0.3, 0.4) is 0 Å². The van der Waals surface area contributed by atoms with Crippen LogP contribution >= 0.6 is 15.9 Å². The highest BCUT2D eigenvalue weighted by Crippen LogP contribution is 2.57. The largest absolute Gasteiger partial charge is 0.0888 e. The van der Waals surface area contributed by atoms with Gasteiger partial charge in [0.1, 0.15) is 0 Å². The van der Waals surface area contributed by atoms with Gasteiger partial charge in [0, 0.05) is 4.83 Å². The maximum absolute atomic E-state index is 3.77. The second-order valence-electron chi connectivity index (χ2n) is 4.83. The highest BCUT2D eigenvalue weighted by atomic mass is 79.9. The number of alkyl halides is 1. The molecule has 0 saturated heterocycles. The molecule has 0 aliphatic heterocycles. The van der Waals surface area contributed by atoms with Crippen molar-refractivity contribution in [1.82, 2.24) is 0 Å². The average molecular weight is 231 g/mol. The molecule has 0 spiro atoms. The van der Waals surface area contributed by atoms with Crippen molar-refractivity contribution < 1.29 is 0 Å². The molecule has 70 valence electrons. The first kappa shape index (κ1) is 9.05. The Morgan fingerprint density at radius 3 is 2.33 bits per heavy atom. The van der Waals surface area contributed by atoms with Crippen molar-refractivity contribution in [3.8, 4) is 0 Å². The minimum atomic E-state index is 0.731. The molecule has 2 saturated carbocycles. The SMILES string of the molecule is CC(Br)C1(CC2CCCC2)CC1. The third-order valence-corrected chi connectivity index (χ3v) is 4.88. The molecule has 1 unspecified atom stereocenters. The topological polar surface area (TPSA) is 0 Å². The summed E-state index contributed by atoms with van der Waals surface area (Å²) in [6.45, 7) is 2.34. The van der Waals surface area contributed by atoms with Gasteiger partial charge in [-0.05, 0) is 30.6 Å². The summed E-state index contributed by atoms with van der Waals surface area (Å²) in [6, 6.07) is 0. The van der Waals surface area contributed by atoms with E-state index in [0.717, 1.165) is 16.2 Å². The second-order valence-corrected chi connectivity index (χ2v) is 6.21. The van der Waals surface area contributed by atoms with E-state index in [1.54, 1.807) is 0 Å². The van der Waals surface area contributed by atoms with E-state index in [-0.39, 0.29) is 0 Å². The molecule has 2 fully saturated rings. The second kappa shape index (κ2) is 3.32. The molecule has 1 heteroatoms. The van der Waals surface area contributed by atoms with Crippen molar-refractivity contribution >= 4 is 15.9 Å². The van der Waals surface area contributed by atoms with Crippen LogP contribution in [0.1, 0.15) is 51.9 Å². The average Bonchev–Trinajstić information content (AvgIpc) is 2.60. The molecule has 0 aromatic heterocycles. The molecule has 0 N–H and O–H groups in total.